The van der Waals surface area contributed by atoms with Gasteiger partial charge < -0.3 is 20.4 Å². The van der Waals surface area contributed by atoms with Crippen LogP contribution in [0.15, 0.2) is 108 Å². The smallest absolute Gasteiger partial charge is 0.317 e. The molecule has 1 aliphatic heterocycles. The number of urea groups is 1. The summed E-state index contributed by atoms with van der Waals surface area (Å²) in [5.41, 5.74) is 5.98. The molecule has 0 bridgehead atoms. The van der Waals surface area contributed by atoms with Gasteiger partial charge in [-0.2, -0.15) is 0 Å². The lowest BCUT2D eigenvalue weighted by molar-refractivity contribution is -0.120. The molecule has 260 valence electrons. The van der Waals surface area contributed by atoms with Crippen LogP contribution >= 0.6 is 12.4 Å². The Bertz CT molecular complexity index is 1760. The Morgan fingerprint density at radius 3 is 2.00 bits per heavy atom. The van der Waals surface area contributed by atoms with E-state index in [0.717, 1.165) is 59.4 Å². The lowest BCUT2D eigenvalue weighted by atomic mass is 9.99. The third kappa shape index (κ3) is 12.0. The van der Waals surface area contributed by atoms with Crippen molar-refractivity contribution in [3.8, 4) is 11.1 Å². The van der Waals surface area contributed by atoms with Crippen LogP contribution in [0.3, 0.4) is 0 Å². The maximum Gasteiger partial charge on any atom is 0.317 e. The predicted octanol–water partition coefficient (Wildman–Crippen LogP) is 5.17. The third-order valence-electron chi connectivity index (χ3n) is 8.62. The first-order valence-electron chi connectivity index (χ1n) is 16.6. The van der Waals surface area contributed by atoms with Crippen molar-refractivity contribution in [2.24, 2.45) is 5.14 Å². The summed E-state index contributed by atoms with van der Waals surface area (Å²) in [4.78, 5) is 30.3. The Kier molecular flexibility index (Phi) is 14.2. The van der Waals surface area contributed by atoms with Gasteiger partial charge in [0.15, 0.2) is 0 Å². The first-order valence-corrected chi connectivity index (χ1v) is 18.1. The number of likely N-dealkylation sites (tertiary alicyclic amines) is 1. The molecule has 11 heteroatoms. The minimum absolute atomic E-state index is 0. The SMILES string of the molecule is Cl.NS(=O)(=O)c1ccc(CCN(Cc2cccc(-c3cccc(CC(=O)NCCN4CCCC4)c3)c2)C(=O)NCCc2ccccc2)cc1. The molecule has 0 unspecified atom stereocenters. The van der Waals surface area contributed by atoms with Crippen molar-refractivity contribution in [2.75, 3.05) is 39.3 Å². The molecular weight excluding hydrogens is 658 g/mol. The van der Waals surface area contributed by atoms with E-state index >= 15 is 0 Å². The van der Waals surface area contributed by atoms with Gasteiger partial charge in [0.1, 0.15) is 0 Å². The number of hydrogen-bond acceptors (Lipinski definition) is 5. The van der Waals surface area contributed by atoms with Crippen LogP contribution in [0.2, 0.25) is 0 Å². The molecule has 0 radical (unpaired) electrons. The predicted molar refractivity (Wildman–Crippen MR) is 197 cm³/mol. The third-order valence-corrected chi connectivity index (χ3v) is 9.55. The van der Waals surface area contributed by atoms with Crippen molar-refractivity contribution in [1.82, 2.24) is 20.4 Å². The number of nitrogens with two attached hydrogens (primary N) is 1. The van der Waals surface area contributed by atoms with E-state index in [1.54, 1.807) is 17.0 Å². The molecule has 49 heavy (non-hydrogen) atoms. The summed E-state index contributed by atoms with van der Waals surface area (Å²) in [7, 11) is -3.78. The second-order valence-electron chi connectivity index (χ2n) is 12.3. The second-order valence-corrected chi connectivity index (χ2v) is 13.9. The first kappa shape index (κ1) is 37.6. The quantitative estimate of drug-likeness (QED) is 0.158. The number of sulfonamides is 1. The van der Waals surface area contributed by atoms with Crippen molar-refractivity contribution >= 4 is 34.4 Å². The highest BCUT2D eigenvalue weighted by atomic mass is 35.5. The Labute approximate surface area is 296 Å². The Morgan fingerprint density at radius 2 is 1.33 bits per heavy atom. The number of nitrogens with zero attached hydrogens (tertiary/aromatic N) is 2. The molecule has 4 N–H and O–H groups in total. The Morgan fingerprint density at radius 1 is 0.714 bits per heavy atom. The summed E-state index contributed by atoms with van der Waals surface area (Å²) in [5, 5.41) is 11.4. The first-order chi connectivity index (χ1) is 23.2. The van der Waals surface area contributed by atoms with Gasteiger partial charge in [-0.3, -0.25) is 4.79 Å². The summed E-state index contributed by atoms with van der Waals surface area (Å²) in [6.45, 7) is 5.11. The van der Waals surface area contributed by atoms with E-state index < -0.39 is 10.0 Å². The van der Waals surface area contributed by atoms with Gasteiger partial charge in [0.05, 0.1) is 11.3 Å². The Balaban J connectivity index is 0.00000541. The molecule has 0 aliphatic carbocycles. The van der Waals surface area contributed by atoms with Crippen molar-refractivity contribution in [3.63, 3.8) is 0 Å². The molecule has 0 spiro atoms. The summed E-state index contributed by atoms with van der Waals surface area (Å²) in [5.74, 6) is 0.0216. The van der Waals surface area contributed by atoms with E-state index in [4.69, 9.17) is 5.14 Å². The van der Waals surface area contributed by atoms with Gasteiger partial charge in [0, 0.05) is 32.7 Å². The van der Waals surface area contributed by atoms with E-state index in [1.165, 1.54) is 25.0 Å². The van der Waals surface area contributed by atoms with Gasteiger partial charge in [-0.25, -0.2) is 18.4 Å². The topological polar surface area (TPSA) is 125 Å². The van der Waals surface area contributed by atoms with Crippen LogP contribution in [0, 0.1) is 0 Å². The summed E-state index contributed by atoms with van der Waals surface area (Å²) >= 11 is 0. The van der Waals surface area contributed by atoms with Gasteiger partial charge in [-0.15, -0.1) is 12.4 Å². The molecule has 1 heterocycles. The fourth-order valence-electron chi connectivity index (χ4n) is 5.97. The zero-order valence-corrected chi connectivity index (χ0v) is 29.4. The number of benzene rings is 4. The monoisotopic (exact) mass is 703 g/mol. The normalized spacial score (nSPS) is 13.0. The zero-order chi connectivity index (χ0) is 33.8. The highest BCUT2D eigenvalue weighted by Gasteiger charge is 2.16. The van der Waals surface area contributed by atoms with Crippen LogP contribution in [0.25, 0.3) is 11.1 Å². The van der Waals surface area contributed by atoms with Crippen molar-refractivity contribution in [1.29, 1.82) is 0 Å². The van der Waals surface area contributed by atoms with Crippen LogP contribution in [-0.2, 0) is 40.6 Å². The molecule has 1 saturated heterocycles. The Hall–Kier alpha value is -4.22. The molecule has 9 nitrogen and oxygen atoms in total. The molecular formula is C38H46ClN5O4S. The average molecular weight is 704 g/mol. The van der Waals surface area contributed by atoms with Crippen molar-refractivity contribution < 1.29 is 18.0 Å². The van der Waals surface area contributed by atoms with Gasteiger partial charge >= 0.3 is 6.03 Å². The van der Waals surface area contributed by atoms with E-state index in [1.807, 2.05) is 66.7 Å². The van der Waals surface area contributed by atoms with Gasteiger partial charge in [0.25, 0.3) is 0 Å². The number of carbonyl (C=O) groups excluding carboxylic acids is 2. The van der Waals surface area contributed by atoms with Crippen LogP contribution in [0.4, 0.5) is 4.79 Å². The number of primary sulfonamides is 1. The molecule has 1 fully saturated rings. The molecule has 0 aromatic heterocycles. The minimum Gasteiger partial charge on any atom is -0.355 e. The standard InChI is InChI=1S/C38H45N5O4S.ClH/c39-48(46,47)36-16-14-31(15-17-36)19-24-43(38(45)41-20-18-30-8-2-1-3-9-30)29-33-11-7-13-35(27-33)34-12-6-10-32(26-34)28-37(44)40-21-25-42-22-4-5-23-42;/h1-3,6-17,26-27H,4-5,18-25,28-29H2,(H,40,44)(H,41,45)(H2,39,46,47);1H. The molecule has 3 amide bonds. The minimum atomic E-state index is -3.78. The number of nitrogens with one attached hydrogen (secondary N) is 2. The van der Waals surface area contributed by atoms with E-state index in [2.05, 4.69) is 27.7 Å². The maximum absolute atomic E-state index is 13.5. The largest absolute Gasteiger partial charge is 0.355 e. The number of halogens is 1. The highest BCUT2D eigenvalue weighted by molar-refractivity contribution is 7.89. The summed E-state index contributed by atoms with van der Waals surface area (Å²) in [6, 6.07) is 32.4. The van der Waals surface area contributed by atoms with Crippen LogP contribution < -0.4 is 15.8 Å². The number of amides is 3. The number of carbonyl (C=O) groups is 2. The zero-order valence-electron chi connectivity index (χ0n) is 27.7. The summed E-state index contributed by atoms with van der Waals surface area (Å²) in [6.07, 6.45) is 4.06. The highest BCUT2D eigenvalue weighted by Crippen LogP contribution is 2.23. The number of rotatable bonds is 15. The molecule has 4 aromatic carbocycles. The van der Waals surface area contributed by atoms with Gasteiger partial charge in [-0.1, -0.05) is 84.9 Å². The maximum atomic E-state index is 13.5. The lowest BCUT2D eigenvalue weighted by Crippen LogP contribution is -2.41. The molecule has 0 atom stereocenters. The van der Waals surface area contributed by atoms with Gasteiger partial charge in [0.2, 0.25) is 15.9 Å². The van der Waals surface area contributed by atoms with Crippen molar-refractivity contribution in [3.05, 3.63) is 125 Å². The van der Waals surface area contributed by atoms with E-state index in [-0.39, 0.29) is 29.2 Å². The average Bonchev–Trinajstić information content (AvgIpc) is 3.61. The number of hydrogen-bond donors (Lipinski definition) is 3. The molecule has 4 aromatic rings. The summed E-state index contributed by atoms with van der Waals surface area (Å²) < 4.78 is 23.4. The lowest BCUT2D eigenvalue weighted by Gasteiger charge is -2.24. The van der Waals surface area contributed by atoms with Crippen molar-refractivity contribution in [2.45, 2.75) is 43.5 Å². The van der Waals surface area contributed by atoms with E-state index in [0.29, 0.717) is 39.0 Å². The molecule has 0 saturated carbocycles. The molecule has 5 rings (SSSR count). The second kappa shape index (κ2) is 18.5. The fraction of sp³-hybridized carbons (Fsp3) is 0.316. The molecule has 1 aliphatic rings. The fourth-order valence-corrected chi connectivity index (χ4v) is 6.49. The van der Waals surface area contributed by atoms with Crippen LogP contribution in [0.1, 0.15) is 35.1 Å². The van der Waals surface area contributed by atoms with Crippen LogP contribution in [0.5, 0.6) is 0 Å². The van der Waals surface area contributed by atoms with Gasteiger partial charge in [-0.05, 0) is 90.4 Å². The van der Waals surface area contributed by atoms with E-state index in [9.17, 15) is 18.0 Å². The van der Waals surface area contributed by atoms with Crippen LogP contribution in [-0.4, -0.2) is 69.4 Å².